The SMILES string of the molecule is C=C(NC)/C(OC)=C(\C)N1C[C@@H]2CCCN(Cc3ccc(N4CCCC4)cc3)[C@@H]2C1.CC. The summed E-state index contributed by atoms with van der Waals surface area (Å²) in [5, 5.41) is 3.13. The number of likely N-dealkylation sites (N-methyl/N-ethyl adjacent to an activating group) is 1. The number of likely N-dealkylation sites (tertiary alicyclic amines) is 2. The Kier molecular flexibility index (Phi) is 8.92. The molecule has 3 aliphatic heterocycles. The van der Waals surface area contributed by atoms with E-state index in [0.29, 0.717) is 6.04 Å². The number of allylic oxidation sites excluding steroid dienone is 1. The largest absolute Gasteiger partial charge is 0.493 e. The zero-order valence-corrected chi connectivity index (χ0v) is 21.0. The smallest absolute Gasteiger partial charge is 0.160 e. The van der Waals surface area contributed by atoms with Crippen molar-refractivity contribution in [3.8, 4) is 0 Å². The second-order valence-electron chi connectivity index (χ2n) is 9.05. The number of nitrogens with zero attached hydrogens (tertiary/aromatic N) is 3. The van der Waals surface area contributed by atoms with Gasteiger partial charge in [-0.15, -0.1) is 0 Å². The molecule has 0 saturated carbocycles. The second-order valence-corrected chi connectivity index (χ2v) is 9.05. The predicted molar refractivity (Wildman–Crippen MR) is 136 cm³/mol. The monoisotopic (exact) mass is 440 g/mol. The Hall–Kier alpha value is -2.14. The summed E-state index contributed by atoms with van der Waals surface area (Å²) in [5.41, 5.74) is 4.86. The van der Waals surface area contributed by atoms with E-state index in [2.05, 4.69) is 57.8 Å². The van der Waals surface area contributed by atoms with Crippen LogP contribution in [0.3, 0.4) is 0 Å². The fraction of sp³-hybridized carbons (Fsp3) is 0.630. The number of methoxy groups -OCH3 is 1. The van der Waals surface area contributed by atoms with E-state index in [-0.39, 0.29) is 0 Å². The molecule has 0 amide bonds. The molecule has 2 atom stereocenters. The molecule has 1 N–H and O–H groups in total. The van der Waals surface area contributed by atoms with Crippen LogP contribution in [0.25, 0.3) is 0 Å². The quantitative estimate of drug-likeness (QED) is 0.485. The van der Waals surface area contributed by atoms with Crippen LogP contribution < -0.4 is 10.2 Å². The van der Waals surface area contributed by atoms with Crippen LogP contribution in [0.4, 0.5) is 5.69 Å². The molecule has 1 aromatic rings. The summed E-state index contributed by atoms with van der Waals surface area (Å²) in [6.45, 7) is 17.1. The van der Waals surface area contributed by atoms with Crippen molar-refractivity contribution in [2.24, 2.45) is 5.92 Å². The number of benzene rings is 1. The van der Waals surface area contributed by atoms with Crippen molar-refractivity contribution < 1.29 is 4.74 Å². The molecule has 3 aliphatic rings. The van der Waals surface area contributed by atoms with Gasteiger partial charge in [-0.05, 0) is 62.8 Å². The number of anilines is 1. The Morgan fingerprint density at radius 2 is 1.75 bits per heavy atom. The van der Waals surface area contributed by atoms with Crippen molar-refractivity contribution in [3.05, 3.63) is 53.6 Å². The summed E-state index contributed by atoms with van der Waals surface area (Å²) in [6, 6.07) is 9.95. The van der Waals surface area contributed by atoms with Gasteiger partial charge in [-0.3, -0.25) is 4.90 Å². The minimum atomic E-state index is 0.618. The second kappa shape index (κ2) is 11.6. The van der Waals surface area contributed by atoms with Gasteiger partial charge >= 0.3 is 0 Å². The van der Waals surface area contributed by atoms with E-state index in [1.807, 2.05) is 20.9 Å². The third kappa shape index (κ3) is 5.43. The van der Waals surface area contributed by atoms with Crippen molar-refractivity contribution >= 4 is 5.69 Å². The van der Waals surface area contributed by atoms with Gasteiger partial charge in [-0.2, -0.15) is 0 Å². The van der Waals surface area contributed by atoms with Gasteiger partial charge in [0.15, 0.2) is 5.76 Å². The summed E-state index contributed by atoms with van der Waals surface area (Å²) in [5.74, 6) is 1.61. The van der Waals surface area contributed by atoms with Crippen LogP contribution in [-0.4, -0.2) is 62.7 Å². The number of fused-ring (bicyclic) bond motifs is 1. The van der Waals surface area contributed by atoms with Gasteiger partial charge in [0.05, 0.1) is 18.5 Å². The zero-order chi connectivity index (χ0) is 23.1. The van der Waals surface area contributed by atoms with Gasteiger partial charge in [0.1, 0.15) is 0 Å². The molecule has 0 unspecified atom stereocenters. The summed E-state index contributed by atoms with van der Waals surface area (Å²) in [7, 11) is 3.64. The maximum absolute atomic E-state index is 5.66. The molecule has 0 aliphatic carbocycles. The average molecular weight is 441 g/mol. The maximum Gasteiger partial charge on any atom is 0.160 e. The third-order valence-electron chi connectivity index (χ3n) is 7.27. The van der Waals surface area contributed by atoms with E-state index >= 15 is 0 Å². The molecular weight excluding hydrogens is 396 g/mol. The lowest BCUT2D eigenvalue weighted by molar-refractivity contribution is 0.116. The molecule has 32 heavy (non-hydrogen) atoms. The molecule has 5 nitrogen and oxygen atoms in total. The Balaban J connectivity index is 0.00000141. The predicted octanol–water partition coefficient (Wildman–Crippen LogP) is 4.82. The Labute approximate surface area is 196 Å². The van der Waals surface area contributed by atoms with Gasteiger partial charge < -0.3 is 19.9 Å². The van der Waals surface area contributed by atoms with E-state index in [1.165, 1.54) is 62.3 Å². The van der Waals surface area contributed by atoms with Crippen LogP contribution >= 0.6 is 0 Å². The van der Waals surface area contributed by atoms with Crippen molar-refractivity contribution in [2.75, 3.05) is 51.8 Å². The van der Waals surface area contributed by atoms with Gasteiger partial charge in [0.2, 0.25) is 0 Å². The summed E-state index contributed by atoms with van der Waals surface area (Å²) < 4.78 is 5.66. The molecule has 178 valence electrons. The van der Waals surface area contributed by atoms with Crippen LogP contribution in [0.15, 0.2) is 48.0 Å². The molecule has 1 aromatic carbocycles. The van der Waals surface area contributed by atoms with Gasteiger partial charge in [-0.1, -0.05) is 32.6 Å². The first-order valence-electron chi connectivity index (χ1n) is 12.6. The van der Waals surface area contributed by atoms with Crippen molar-refractivity contribution in [2.45, 2.75) is 59.0 Å². The van der Waals surface area contributed by atoms with Crippen molar-refractivity contribution in [1.82, 2.24) is 15.1 Å². The Morgan fingerprint density at radius 3 is 2.38 bits per heavy atom. The lowest BCUT2D eigenvalue weighted by atomic mass is 9.91. The van der Waals surface area contributed by atoms with Crippen molar-refractivity contribution in [1.29, 1.82) is 0 Å². The lowest BCUT2D eigenvalue weighted by Crippen LogP contribution is -2.44. The molecule has 0 radical (unpaired) electrons. The number of hydrogen-bond donors (Lipinski definition) is 1. The first-order valence-corrected chi connectivity index (χ1v) is 12.6. The van der Waals surface area contributed by atoms with E-state index in [9.17, 15) is 0 Å². The minimum absolute atomic E-state index is 0.618. The van der Waals surface area contributed by atoms with Crippen molar-refractivity contribution in [3.63, 3.8) is 0 Å². The summed E-state index contributed by atoms with van der Waals surface area (Å²) in [6.07, 6.45) is 5.28. The van der Waals surface area contributed by atoms with Gasteiger partial charge in [0.25, 0.3) is 0 Å². The highest BCUT2D eigenvalue weighted by Gasteiger charge is 2.39. The maximum atomic E-state index is 5.66. The van der Waals surface area contributed by atoms with Crippen LogP contribution in [0.1, 0.15) is 52.0 Å². The number of hydrogen-bond acceptors (Lipinski definition) is 5. The van der Waals surface area contributed by atoms with Crippen LogP contribution in [0.2, 0.25) is 0 Å². The normalized spacial score (nSPS) is 23.8. The summed E-state index contributed by atoms with van der Waals surface area (Å²) in [4.78, 5) is 7.73. The number of nitrogens with one attached hydrogen (secondary N) is 1. The number of ether oxygens (including phenoxy) is 1. The zero-order valence-electron chi connectivity index (χ0n) is 21.0. The van der Waals surface area contributed by atoms with Gasteiger partial charge in [-0.25, -0.2) is 0 Å². The molecule has 5 heteroatoms. The molecule has 0 bridgehead atoms. The molecule has 0 spiro atoms. The summed E-state index contributed by atoms with van der Waals surface area (Å²) >= 11 is 0. The molecule has 4 rings (SSSR count). The van der Waals surface area contributed by atoms with Crippen LogP contribution in [0, 0.1) is 5.92 Å². The first kappa shape index (κ1) is 24.5. The van der Waals surface area contributed by atoms with Crippen LogP contribution in [0.5, 0.6) is 0 Å². The third-order valence-corrected chi connectivity index (χ3v) is 7.27. The highest BCUT2D eigenvalue weighted by molar-refractivity contribution is 5.48. The standard InChI is InChI=1S/C25H38N4O.C2H6/c1-19(26-3)25(30-4)20(2)29-17-22-8-7-15-28(24(22)18-29)16-21-9-11-23(12-10-21)27-13-5-6-14-27;1-2/h9-12,22,24,26H,1,5-8,13-18H2,2-4H3;1-2H3/b25-20-;/t22-,24+;/m0./s1. The average Bonchev–Trinajstić information content (AvgIpc) is 3.52. The highest BCUT2D eigenvalue weighted by Crippen LogP contribution is 2.34. The molecular formula is C27H44N4O. The molecule has 3 saturated heterocycles. The lowest BCUT2D eigenvalue weighted by Gasteiger charge is -2.37. The molecule has 3 fully saturated rings. The minimum Gasteiger partial charge on any atom is -0.493 e. The van der Waals surface area contributed by atoms with E-state index in [4.69, 9.17) is 4.74 Å². The number of piperidine rings is 1. The number of rotatable bonds is 7. The van der Waals surface area contributed by atoms with E-state index < -0.39 is 0 Å². The van der Waals surface area contributed by atoms with Gasteiger partial charge in [0, 0.05) is 51.5 Å². The Morgan fingerprint density at radius 1 is 1.06 bits per heavy atom. The fourth-order valence-corrected chi connectivity index (χ4v) is 5.51. The topological polar surface area (TPSA) is 31.0 Å². The highest BCUT2D eigenvalue weighted by atomic mass is 16.5. The Bertz CT molecular complexity index is 766. The fourth-order valence-electron chi connectivity index (χ4n) is 5.51. The molecule has 3 heterocycles. The first-order chi connectivity index (χ1) is 15.6. The van der Waals surface area contributed by atoms with E-state index in [1.54, 1.807) is 7.11 Å². The van der Waals surface area contributed by atoms with E-state index in [0.717, 1.165) is 37.0 Å². The van der Waals surface area contributed by atoms with Crippen LogP contribution in [-0.2, 0) is 11.3 Å². The molecule has 0 aromatic heterocycles.